The van der Waals surface area contributed by atoms with Gasteiger partial charge in [0.25, 0.3) is 0 Å². The molecule has 1 aliphatic heterocycles. The molecule has 4 nitrogen and oxygen atoms in total. The van der Waals surface area contributed by atoms with Crippen LogP contribution in [0.25, 0.3) is 0 Å². The molecule has 2 rings (SSSR count). The minimum atomic E-state index is -0.562. The minimum absolute atomic E-state index is 0.218. The summed E-state index contributed by atoms with van der Waals surface area (Å²) >= 11 is 3.26. The van der Waals surface area contributed by atoms with Gasteiger partial charge in [-0.15, -0.1) is 0 Å². The zero-order valence-electron chi connectivity index (χ0n) is 12.5. The summed E-state index contributed by atoms with van der Waals surface area (Å²) in [5.74, 6) is -0.355. The summed E-state index contributed by atoms with van der Waals surface area (Å²) in [7, 11) is 0. The zero-order chi connectivity index (χ0) is 15.8. The summed E-state index contributed by atoms with van der Waals surface area (Å²) in [6.07, 6.45) is 0.211. The second-order valence-corrected chi connectivity index (χ2v) is 7.02. The summed E-state index contributed by atoms with van der Waals surface area (Å²) < 4.78 is 19.5. The molecule has 1 aromatic carbocycles. The topological polar surface area (TPSA) is 55.6 Å². The first-order valence-electron chi connectivity index (χ1n) is 6.89. The van der Waals surface area contributed by atoms with E-state index in [1.807, 2.05) is 20.8 Å². The molecule has 1 aromatic rings. The van der Waals surface area contributed by atoms with Crippen molar-refractivity contribution in [2.75, 3.05) is 6.54 Å². The number of amides is 1. The molecular weight excluding hydrogens is 339 g/mol. The summed E-state index contributed by atoms with van der Waals surface area (Å²) in [5.41, 5.74) is 7.15. The third-order valence-corrected chi connectivity index (χ3v) is 4.20. The molecule has 1 amide bonds. The Balaban J connectivity index is 2.30. The average Bonchev–Trinajstić information content (AvgIpc) is 2.52. The SMILES string of the molecule is CC(C)(C)OC(=O)N1CCC(N)c2ccc(F)c(Br)c2C1. The number of rotatable bonds is 0. The summed E-state index contributed by atoms with van der Waals surface area (Å²) in [6, 6.07) is 2.87. The van der Waals surface area contributed by atoms with Crippen LogP contribution in [0.1, 0.15) is 44.4 Å². The van der Waals surface area contributed by atoms with Crippen LogP contribution in [-0.4, -0.2) is 23.1 Å². The van der Waals surface area contributed by atoms with Crippen molar-refractivity contribution >= 4 is 22.0 Å². The zero-order valence-corrected chi connectivity index (χ0v) is 14.0. The lowest BCUT2D eigenvalue weighted by Crippen LogP contribution is -2.36. The minimum Gasteiger partial charge on any atom is -0.444 e. The molecule has 6 heteroatoms. The third kappa shape index (κ3) is 3.74. The molecule has 0 aliphatic carbocycles. The number of nitrogens with zero attached hydrogens (tertiary/aromatic N) is 1. The number of carbonyl (C=O) groups excluding carboxylic acids is 1. The van der Waals surface area contributed by atoms with Gasteiger partial charge in [0, 0.05) is 12.6 Å². The van der Waals surface area contributed by atoms with Crippen molar-refractivity contribution in [2.45, 2.75) is 45.4 Å². The Morgan fingerprint density at radius 2 is 2.14 bits per heavy atom. The predicted molar refractivity (Wildman–Crippen MR) is 82.3 cm³/mol. The second kappa shape index (κ2) is 5.93. The van der Waals surface area contributed by atoms with Crippen molar-refractivity contribution in [3.05, 3.63) is 33.5 Å². The molecule has 0 bridgehead atoms. The molecule has 116 valence electrons. The number of nitrogens with two attached hydrogens (primary N) is 1. The molecule has 0 fully saturated rings. The van der Waals surface area contributed by atoms with E-state index in [0.29, 0.717) is 23.0 Å². The number of benzene rings is 1. The first-order valence-corrected chi connectivity index (χ1v) is 7.68. The highest BCUT2D eigenvalue weighted by molar-refractivity contribution is 9.10. The quantitative estimate of drug-likeness (QED) is 0.768. The molecule has 21 heavy (non-hydrogen) atoms. The largest absolute Gasteiger partial charge is 0.444 e. The van der Waals surface area contributed by atoms with E-state index in [9.17, 15) is 9.18 Å². The van der Waals surface area contributed by atoms with Gasteiger partial charge < -0.3 is 15.4 Å². The van der Waals surface area contributed by atoms with Gasteiger partial charge in [-0.2, -0.15) is 0 Å². The molecule has 2 N–H and O–H groups in total. The van der Waals surface area contributed by atoms with Crippen LogP contribution in [0.15, 0.2) is 16.6 Å². The molecular formula is C15H20BrFN2O2. The lowest BCUT2D eigenvalue weighted by atomic mass is 10.00. The van der Waals surface area contributed by atoms with Crippen molar-refractivity contribution in [1.82, 2.24) is 4.90 Å². The van der Waals surface area contributed by atoms with E-state index in [0.717, 1.165) is 5.56 Å². The van der Waals surface area contributed by atoms with Gasteiger partial charge in [0.1, 0.15) is 11.4 Å². The van der Waals surface area contributed by atoms with E-state index >= 15 is 0 Å². The van der Waals surface area contributed by atoms with Crippen LogP contribution in [0.2, 0.25) is 0 Å². The Morgan fingerprint density at radius 3 is 2.76 bits per heavy atom. The Kier molecular flexibility index (Phi) is 4.58. The van der Waals surface area contributed by atoms with E-state index in [1.165, 1.54) is 6.07 Å². The highest BCUT2D eigenvalue weighted by Gasteiger charge is 2.28. The molecule has 1 unspecified atom stereocenters. The first kappa shape index (κ1) is 16.2. The fraction of sp³-hybridized carbons (Fsp3) is 0.533. The van der Waals surface area contributed by atoms with Crippen molar-refractivity contribution in [2.24, 2.45) is 5.73 Å². The van der Waals surface area contributed by atoms with Gasteiger partial charge >= 0.3 is 6.09 Å². The number of fused-ring (bicyclic) bond motifs is 1. The molecule has 0 aromatic heterocycles. The van der Waals surface area contributed by atoms with Gasteiger partial charge in [-0.25, -0.2) is 9.18 Å². The van der Waals surface area contributed by atoms with Gasteiger partial charge in [-0.3, -0.25) is 0 Å². The monoisotopic (exact) mass is 358 g/mol. The Labute approximate surface area is 132 Å². The van der Waals surface area contributed by atoms with Crippen LogP contribution >= 0.6 is 15.9 Å². The number of hydrogen-bond donors (Lipinski definition) is 1. The molecule has 1 aliphatic rings. The Bertz CT molecular complexity index is 557. The Morgan fingerprint density at radius 1 is 1.48 bits per heavy atom. The van der Waals surface area contributed by atoms with Crippen LogP contribution in [0.5, 0.6) is 0 Å². The van der Waals surface area contributed by atoms with Crippen LogP contribution in [0, 0.1) is 5.82 Å². The highest BCUT2D eigenvalue weighted by Crippen LogP contribution is 2.32. The summed E-state index contributed by atoms with van der Waals surface area (Å²) in [4.78, 5) is 13.8. The summed E-state index contributed by atoms with van der Waals surface area (Å²) in [6.45, 7) is 6.23. The fourth-order valence-electron chi connectivity index (χ4n) is 2.32. The van der Waals surface area contributed by atoms with E-state index in [-0.39, 0.29) is 18.4 Å². The molecule has 0 saturated heterocycles. The van der Waals surface area contributed by atoms with Crippen LogP contribution in [0.3, 0.4) is 0 Å². The lowest BCUT2D eigenvalue weighted by Gasteiger charge is -2.26. The average molecular weight is 359 g/mol. The number of halogens is 2. The second-order valence-electron chi connectivity index (χ2n) is 6.23. The number of hydrogen-bond acceptors (Lipinski definition) is 3. The molecule has 0 radical (unpaired) electrons. The fourth-order valence-corrected chi connectivity index (χ4v) is 2.80. The van der Waals surface area contributed by atoms with Crippen LogP contribution in [0.4, 0.5) is 9.18 Å². The maximum absolute atomic E-state index is 13.7. The normalized spacial score (nSPS) is 19.0. The summed E-state index contributed by atoms with van der Waals surface area (Å²) in [5, 5.41) is 0. The van der Waals surface area contributed by atoms with Gasteiger partial charge in [-0.05, 0) is 60.3 Å². The third-order valence-electron chi connectivity index (χ3n) is 3.34. The number of carbonyl (C=O) groups is 1. The smallest absolute Gasteiger partial charge is 0.410 e. The maximum atomic E-state index is 13.7. The van der Waals surface area contributed by atoms with Crippen molar-refractivity contribution in [1.29, 1.82) is 0 Å². The van der Waals surface area contributed by atoms with E-state index in [1.54, 1.807) is 11.0 Å². The van der Waals surface area contributed by atoms with Crippen LogP contribution in [-0.2, 0) is 11.3 Å². The van der Waals surface area contributed by atoms with E-state index < -0.39 is 11.7 Å². The van der Waals surface area contributed by atoms with Gasteiger partial charge in [0.15, 0.2) is 0 Å². The van der Waals surface area contributed by atoms with Crippen LogP contribution < -0.4 is 5.73 Å². The standard InChI is InChI=1S/C15H20BrFN2O2/c1-15(2,3)21-14(20)19-7-6-12(18)9-4-5-11(17)13(16)10(9)8-19/h4-5,12H,6-8,18H2,1-3H3. The van der Waals surface area contributed by atoms with E-state index in [4.69, 9.17) is 10.5 Å². The van der Waals surface area contributed by atoms with E-state index in [2.05, 4.69) is 15.9 Å². The first-order chi connectivity index (χ1) is 9.69. The van der Waals surface area contributed by atoms with Crippen molar-refractivity contribution in [3.63, 3.8) is 0 Å². The molecule has 0 saturated carbocycles. The van der Waals surface area contributed by atoms with Gasteiger partial charge in [0.05, 0.1) is 11.0 Å². The molecule has 1 atom stereocenters. The lowest BCUT2D eigenvalue weighted by molar-refractivity contribution is 0.0234. The Hall–Kier alpha value is -1.14. The molecule has 0 spiro atoms. The predicted octanol–water partition coefficient (Wildman–Crippen LogP) is 3.73. The molecule has 1 heterocycles. The highest BCUT2D eigenvalue weighted by atomic mass is 79.9. The number of ether oxygens (including phenoxy) is 1. The van der Waals surface area contributed by atoms with Gasteiger partial charge in [-0.1, -0.05) is 6.07 Å². The van der Waals surface area contributed by atoms with Crippen molar-refractivity contribution in [3.8, 4) is 0 Å². The van der Waals surface area contributed by atoms with Crippen molar-refractivity contribution < 1.29 is 13.9 Å². The van der Waals surface area contributed by atoms with Gasteiger partial charge in [0.2, 0.25) is 0 Å². The maximum Gasteiger partial charge on any atom is 0.410 e.